The van der Waals surface area contributed by atoms with E-state index in [1.807, 2.05) is 13.8 Å². The summed E-state index contributed by atoms with van der Waals surface area (Å²) in [5.41, 5.74) is 0. The van der Waals surface area contributed by atoms with Gasteiger partial charge in [0.25, 0.3) is 0 Å². The Morgan fingerprint density at radius 1 is 1.35 bits per heavy atom. The molecule has 2 amide bonds. The zero-order chi connectivity index (χ0) is 12.8. The molecule has 0 radical (unpaired) electrons. The third kappa shape index (κ3) is 4.60. The SMILES string of the molecule is CC(C)CN(CC(=O)O)C(=O)N1CCNCC1. The van der Waals surface area contributed by atoms with Gasteiger partial charge in [-0.15, -0.1) is 0 Å². The molecule has 6 nitrogen and oxygen atoms in total. The molecule has 0 saturated carbocycles. The first-order chi connectivity index (χ1) is 8.00. The van der Waals surface area contributed by atoms with Crippen LogP contribution in [0.1, 0.15) is 13.8 Å². The first-order valence-corrected chi connectivity index (χ1v) is 5.97. The number of rotatable bonds is 4. The summed E-state index contributed by atoms with van der Waals surface area (Å²) in [7, 11) is 0. The highest BCUT2D eigenvalue weighted by Crippen LogP contribution is 2.05. The summed E-state index contributed by atoms with van der Waals surface area (Å²) in [5.74, 6) is -0.699. The van der Waals surface area contributed by atoms with E-state index in [0.29, 0.717) is 19.6 Å². The average molecular weight is 243 g/mol. The van der Waals surface area contributed by atoms with Crippen molar-refractivity contribution in [2.45, 2.75) is 13.8 Å². The topological polar surface area (TPSA) is 72.9 Å². The monoisotopic (exact) mass is 243 g/mol. The van der Waals surface area contributed by atoms with Crippen LogP contribution in [0, 0.1) is 5.92 Å². The number of aliphatic carboxylic acids is 1. The van der Waals surface area contributed by atoms with E-state index in [9.17, 15) is 9.59 Å². The first-order valence-electron chi connectivity index (χ1n) is 5.97. The lowest BCUT2D eigenvalue weighted by molar-refractivity contribution is -0.137. The molecular formula is C11H21N3O3. The standard InChI is InChI=1S/C11H21N3O3/c1-9(2)7-14(8-10(15)16)11(17)13-5-3-12-4-6-13/h9,12H,3-8H2,1-2H3,(H,15,16). The van der Waals surface area contributed by atoms with Gasteiger partial charge in [-0.1, -0.05) is 13.8 Å². The smallest absolute Gasteiger partial charge is 0.323 e. The number of carbonyl (C=O) groups is 2. The molecule has 0 atom stereocenters. The van der Waals surface area contributed by atoms with E-state index in [2.05, 4.69) is 5.32 Å². The second-order valence-corrected chi connectivity index (χ2v) is 4.69. The molecule has 0 aromatic carbocycles. The molecule has 0 unspecified atom stereocenters. The van der Waals surface area contributed by atoms with Gasteiger partial charge >= 0.3 is 12.0 Å². The van der Waals surface area contributed by atoms with Crippen LogP contribution in [0.4, 0.5) is 4.79 Å². The van der Waals surface area contributed by atoms with Crippen molar-refractivity contribution in [2.75, 3.05) is 39.3 Å². The molecule has 1 aliphatic heterocycles. The molecule has 0 aromatic rings. The van der Waals surface area contributed by atoms with Crippen molar-refractivity contribution in [3.8, 4) is 0 Å². The number of carboxylic acids is 1. The van der Waals surface area contributed by atoms with Gasteiger partial charge in [-0.3, -0.25) is 4.79 Å². The number of nitrogens with one attached hydrogen (secondary N) is 1. The molecule has 0 aliphatic carbocycles. The number of carboxylic acid groups (broad SMARTS) is 1. The molecule has 0 spiro atoms. The Kier molecular flexibility index (Phi) is 5.21. The number of piperazine rings is 1. The van der Waals surface area contributed by atoms with Crippen molar-refractivity contribution >= 4 is 12.0 Å². The Balaban J connectivity index is 2.60. The normalized spacial score (nSPS) is 16.1. The van der Waals surface area contributed by atoms with Crippen LogP contribution in [-0.2, 0) is 4.79 Å². The first kappa shape index (κ1) is 13.8. The summed E-state index contributed by atoms with van der Waals surface area (Å²) in [6.45, 7) is 7.04. The number of urea groups is 1. The third-order valence-electron chi connectivity index (χ3n) is 2.57. The van der Waals surface area contributed by atoms with Gasteiger partial charge in [-0.05, 0) is 5.92 Å². The fourth-order valence-corrected chi connectivity index (χ4v) is 1.87. The highest BCUT2D eigenvalue weighted by molar-refractivity contribution is 5.80. The maximum absolute atomic E-state index is 12.1. The molecular weight excluding hydrogens is 222 g/mol. The van der Waals surface area contributed by atoms with E-state index in [4.69, 9.17) is 5.11 Å². The highest BCUT2D eigenvalue weighted by Gasteiger charge is 2.24. The lowest BCUT2D eigenvalue weighted by atomic mass is 10.2. The Bertz CT molecular complexity index is 275. The zero-order valence-corrected chi connectivity index (χ0v) is 10.5. The molecule has 98 valence electrons. The van der Waals surface area contributed by atoms with E-state index in [0.717, 1.165) is 13.1 Å². The third-order valence-corrected chi connectivity index (χ3v) is 2.57. The minimum atomic E-state index is -0.964. The van der Waals surface area contributed by atoms with Crippen molar-refractivity contribution in [1.82, 2.24) is 15.1 Å². The summed E-state index contributed by atoms with van der Waals surface area (Å²) in [6.07, 6.45) is 0. The number of hydrogen-bond donors (Lipinski definition) is 2. The summed E-state index contributed by atoms with van der Waals surface area (Å²) in [6, 6.07) is -0.164. The molecule has 6 heteroatoms. The summed E-state index contributed by atoms with van der Waals surface area (Å²) in [4.78, 5) is 26.0. The van der Waals surface area contributed by atoms with Gasteiger partial charge in [0.15, 0.2) is 0 Å². The van der Waals surface area contributed by atoms with Gasteiger partial charge in [-0.25, -0.2) is 4.79 Å². The van der Waals surface area contributed by atoms with Crippen molar-refractivity contribution in [2.24, 2.45) is 5.92 Å². The molecule has 1 aliphatic rings. The van der Waals surface area contributed by atoms with Crippen LogP contribution in [-0.4, -0.2) is 66.2 Å². The summed E-state index contributed by atoms with van der Waals surface area (Å²) in [5, 5.41) is 12.0. The minimum absolute atomic E-state index is 0.164. The second-order valence-electron chi connectivity index (χ2n) is 4.69. The Labute approximate surface area is 102 Å². The number of nitrogens with zero attached hydrogens (tertiary/aromatic N) is 2. The molecule has 1 saturated heterocycles. The van der Waals surface area contributed by atoms with Crippen molar-refractivity contribution < 1.29 is 14.7 Å². The predicted octanol–water partition coefficient (Wildman–Crippen LogP) is 0.0542. The molecule has 0 aromatic heterocycles. The summed E-state index contributed by atoms with van der Waals surface area (Å²) >= 11 is 0. The van der Waals surface area contributed by atoms with E-state index in [1.54, 1.807) is 4.90 Å². The largest absolute Gasteiger partial charge is 0.480 e. The van der Waals surface area contributed by atoms with Crippen LogP contribution in [0.2, 0.25) is 0 Å². The van der Waals surface area contributed by atoms with Gasteiger partial charge < -0.3 is 20.2 Å². The van der Waals surface area contributed by atoms with Crippen molar-refractivity contribution in [1.29, 1.82) is 0 Å². The van der Waals surface area contributed by atoms with Crippen LogP contribution in [0.3, 0.4) is 0 Å². The van der Waals surface area contributed by atoms with Crippen LogP contribution < -0.4 is 5.32 Å². The Hall–Kier alpha value is -1.30. The molecule has 17 heavy (non-hydrogen) atoms. The van der Waals surface area contributed by atoms with Crippen molar-refractivity contribution in [3.05, 3.63) is 0 Å². The van der Waals surface area contributed by atoms with Gasteiger partial charge in [0.1, 0.15) is 6.54 Å². The van der Waals surface area contributed by atoms with E-state index in [-0.39, 0.29) is 18.5 Å². The Morgan fingerprint density at radius 3 is 2.41 bits per heavy atom. The van der Waals surface area contributed by atoms with Gasteiger partial charge in [-0.2, -0.15) is 0 Å². The van der Waals surface area contributed by atoms with Gasteiger partial charge in [0.05, 0.1) is 0 Å². The fraction of sp³-hybridized carbons (Fsp3) is 0.818. The average Bonchev–Trinajstić information content (AvgIpc) is 2.27. The minimum Gasteiger partial charge on any atom is -0.480 e. The lowest BCUT2D eigenvalue weighted by Crippen LogP contribution is -2.53. The quantitative estimate of drug-likeness (QED) is 0.732. The van der Waals surface area contributed by atoms with Crippen LogP contribution in [0.25, 0.3) is 0 Å². The van der Waals surface area contributed by atoms with Crippen LogP contribution in [0.5, 0.6) is 0 Å². The number of amides is 2. The summed E-state index contributed by atoms with van der Waals surface area (Å²) < 4.78 is 0. The number of hydrogen-bond acceptors (Lipinski definition) is 3. The number of carbonyl (C=O) groups excluding carboxylic acids is 1. The maximum Gasteiger partial charge on any atom is 0.323 e. The molecule has 1 fully saturated rings. The van der Waals surface area contributed by atoms with E-state index >= 15 is 0 Å². The molecule has 2 N–H and O–H groups in total. The molecule has 1 heterocycles. The second kappa shape index (κ2) is 6.44. The fourth-order valence-electron chi connectivity index (χ4n) is 1.87. The van der Waals surface area contributed by atoms with Gasteiger partial charge in [0.2, 0.25) is 0 Å². The van der Waals surface area contributed by atoms with Crippen LogP contribution >= 0.6 is 0 Å². The Morgan fingerprint density at radius 2 is 1.94 bits per heavy atom. The van der Waals surface area contributed by atoms with E-state index < -0.39 is 5.97 Å². The molecule has 0 bridgehead atoms. The highest BCUT2D eigenvalue weighted by atomic mass is 16.4. The van der Waals surface area contributed by atoms with Crippen molar-refractivity contribution in [3.63, 3.8) is 0 Å². The zero-order valence-electron chi connectivity index (χ0n) is 10.5. The lowest BCUT2D eigenvalue weighted by Gasteiger charge is -2.33. The van der Waals surface area contributed by atoms with Gasteiger partial charge in [0, 0.05) is 32.7 Å². The van der Waals surface area contributed by atoms with Crippen LogP contribution in [0.15, 0.2) is 0 Å². The maximum atomic E-state index is 12.1. The van der Waals surface area contributed by atoms with E-state index in [1.165, 1.54) is 4.90 Å². The predicted molar refractivity (Wildman–Crippen MR) is 63.9 cm³/mol. The molecule has 1 rings (SSSR count).